The lowest BCUT2D eigenvalue weighted by atomic mass is 10.1. The van der Waals surface area contributed by atoms with Gasteiger partial charge in [0, 0.05) is 17.7 Å². The van der Waals surface area contributed by atoms with Crippen LogP contribution in [0.1, 0.15) is 34.1 Å². The maximum absolute atomic E-state index is 13.6. The predicted octanol–water partition coefficient (Wildman–Crippen LogP) is 4.63. The molecule has 1 N–H and O–H groups in total. The number of hydrogen-bond donors (Lipinski definition) is 1. The number of amides is 1. The molecule has 0 saturated carbocycles. The van der Waals surface area contributed by atoms with Crippen LogP contribution in [0.4, 0.5) is 11.5 Å². The summed E-state index contributed by atoms with van der Waals surface area (Å²) in [5.74, 6) is 0.151. The van der Waals surface area contributed by atoms with Crippen molar-refractivity contribution in [3.63, 3.8) is 0 Å². The number of para-hydroxylation sites is 1. The molecule has 0 aliphatic carbocycles. The Morgan fingerprint density at radius 2 is 1.74 bits per heavy atom. The molecule has 0 saturated heterocycles. The van der Waals surface area contributed by atoms with Crippen molar-refractivity contribution in [2.24, 2.45) is 0 Å². The molecule has 3 aromatic carbocycles. The van der Waals surface area contributed by atoms with Gasteiger partial charge in [-0.25, -0.2) is 13.1 Å². The van der Waals surface area contributed by atoms with Crippen molar-refractivity contribution < 1.29 is 13.2 Å². The molecular formula is C27H26N4O3S. The molecule has 0 radical (unpaired) electrons. The first-order chi connectivity index (χ1) is 16.8. The lowest BCUT2D eigenvalue weighted by Crippen LogP contribution is -2.35. The molecule has 2 heterocycles. The van der Waals surface area contributed by atoms with Gasteiger partial charge < -0.3 is 5.32 Å². The Hall–Kier alpha value is -3.91. The molecule has 1 unspecified atom stereocenters. The molecule has 1 aromatic heterocycles. The van der Waals surface area contributed by atoms with Crippen LogP contribution in [0.2, 0.25) is 0 Å². The Labute approximate surface area is 205 Å². The summed E-state index contributed by atoms with van der Waals surface area (Å²) in [6, 6.07) is 25.1. The largest absolute Gasteiger partial charge is 0.307 e. The molecule has 5 rings (SSSR count). The lowest BCUT2D eigenvalue weighted by Gasteiger charge is -2.24. The molecule has 0 bridgehead atoms. The van der Waals surface area contributed by atoms with Gasteiger partial charge in [0.1, 0.15) is 5.82 Å². The summed E-state index contributed by atoms with van der Waals surface area (Å²) in [5.41, 5.74) is 3.78. The third kappa shape index (κ3) is 4.44. The highest BCUT2D eigenvalue weighted by atomic mass is 32.2. The number of nitrogens with one attached hydrogen (secondary N) is 1. The molecule has 178 valence electrons. The van der Waals surface area contributed by atoms with E-state index in [2.05, 4.69) is 10.4 Å². The number of hydrogen-bond acceptors (Lipinski definition) is 4. The number of anilines is 2. The number of benzene rings is 3. The van der Waals surface area contributed by atoms with Gasteiger partial charge >= 0.3 is 0 Å². The first-order valence-electron chi connectivity index (χ1n) is 11.4. The van der Waals surface area contributed by atoms with Gasteiger partial charge in [-0.05, 0) is 55.7 Å². The van der Waals surface area contributed by atoms with E-state index in [-0.39, 0.29) is 16.5 Å². The van der Waals surface area contributed by atoms with E-state index >= 15 is 0 Å². The van der Waals surface area contributed by atoms with Crippen LogP contribution in [-0.2, 0) is 23.0 Å². The topological polar surface area (TPSA) is 84.3 Å². The molecule has 35 heavy (non-hydrogen) atoms. The zero-order valence-corrected chi connectivity index (χ0v) is 20.4. The van der Waals surface area contributed by atoms with Gasteiger partial charge in [-0.15, -0.1) is 0 Å². The molecular weight excluding hydrogens is 460 g/mol. The zero-order valence-electron chi connectivity index (χ0n) is 19.5. The van der Waals surface area contributed by atoms with Crippen LogP contribution in [0.3, 0.4) is 0 Å². The highest BCUT2D eigenvalue weighted by Gasteiger charge is 2.36. The van der Waals surface area contributed by atoms with Gasteiger partial charge in [-0.3, -0.25) is 9.10 Å². The summed E-state index contributed by atoms with van der Waals surface area (Å²) >= 11 is 0. The molecule has 0 fully saturated rings. The molecule has 1 amide bonds. The van der Waals surface area contributed by atoms with Crippen molar-refractivity contribution >= 4 is 27.4 Å². The standard InChI is InChI=1S/C27H26N4O3S/c1-19-15-26(30(29-19)18-21-9-4-3-5-10-21)28-27(32)23-12-8-13-24(17-23)35(33,34)31-20(2)16-22-11-6-7-14-25(22)31/h3-15,17,20H,16,18H2,1-2H3,(H,28,32). The first-order valence-corrected chi connectivity index (χ1v) is 12.9. The minimum atomic E-state index is -3.84. The fourth-order valence-corrected chi connectivity index (χ4v) is 6.27. The summed E-state index contributed by atoms with van der Waals surface area (Å²) in [4.78, 5) is 13.2. The summed E-state index contributed by atoms with van der Waals surface area (Å²) < 4.78 is 30.3. The van der Waals surface area contributed by atoms with Crippen molar-refractivity contribution in [1.29, 1.82) is 0 Å². The van der Waals surface area contributed by atoms with Crippen LogP contribution in [-0.4, -0.2) is 30.1 Å². The average Bonchev–Trinajstić information content (AvgIpc) is 3.37. The normalized spacial score (nSPS) is 15.1. The van der Waals surface area contributed by atoms with E-state index in [1.807, 2.05) is 68.4 Å². The van der Waals surface area contributed by atoms with Crippen molar-refractivity contribution in [3.05, 3.63) is 107 Å². The van der Waals surface area contributed by atoms with Crippen molar-refractivity contribution in [2.75, 3.05) is 9.62 Å². The lowest BCUT2D eigenvalue weighted by molar-refractivity contribution is 0.102. The number of nitrogens with zero attached hydrogens (tertiary/aromatic N) is 3. The van der Waals surface area contributed by atoms with E-state index in [1.165, 1.54) is 16.4 Å². The van der Waals surface area contributed by atoms with Crippen LogP contribution in [0, 0.1) is 6.92 Å². The first kappa shape index (κ1) is 22.9. The maximum Gasteiger partial charge on any atom is 0.264 e. The van der Waals surface area contributed by atoms with Crippen LogP contribution >= 0.6 is 0 Å². The van der Waals surface area contributed by atoms with Crippen LogP contribution in [0.5, 0.6) is 0 Å². The minimum absolute atomic E-state index is 0.0858. The van der Waals surface area contributed by atoms with Gasteiger partial charge in [0.2, 0.25) is 0 Å². The number of aromatic nitrogens is 2. The van der Waals surface area contributed by atoms with Crippen LogP contribution in [0.25, 0.3) is 0 Å². The van der Waals surface area contributed by atoms with E-state index in [0.717, 1.165) is 16.8 Å². The molecule has 7 nitrogen and oxygen atoms in total. The summed E-state index contributed by atoms with van der Waals surface area (Å²) in [6.07, 6.45) is 0.653. The zero-order chi connectivity index (χ0) is 24.6. The Kier molecular flexibility index (Phi) is 5.90. The number of fused-ring (bicyclic) bond motifs is 1. The predicted molar refractivity (Wildman–Crippen MR) is 136 cm³/mol. The van der Waals surface area contributed by atoms with Gasteiger partial charge in [-0.2, -0.15) is 5.10 Å². The summed E-state index contributed by atoms with van der Waals surface area (Å²) in [7, 11) is -3.84. The minimum Gasteiger partial charge on any atom is -0.307 e. The summed E-state index contributed by atoms with van der Waals surface area (Å²) in [6.45, 7) is 4.26. The van der Waals surface area contributed by atoms with E-state index in [4.69, 9.17) is 0 Å². The monoisotopic (exact) mass is 486 g/mol. The third-order valence-electron chi connectivity index (χ3n) is 6.12. The molecule has 4 aromatic rings. The Morgan fingerprint density at radius 3 is 2.54 bits per heavy atom. The number of sulfonamides is 1. The molecule has 1 aliphatic heterocycles. The highest BCUT2D eigenvalue weighted by molar-refractivity contribution is 7.92. The van der Waals surface area contributed by atoms with Crippen LogP contribution < -0.4 is 9.62 Å². The van der Waals surface area contributed by atoms with Crippen molar-refractivity contribution in [3.8, 4) is 0 Å². The third-order valence-corrected chi connectivity index (χ3v) is 8.04. The van der Waals surface area contributed by atoms with E-state index < -0.39 is 15.9 Å². The highest BCUT2D eigenvalue weighted by Crippen LogP contribution is 2.36. The van der Waals surface area contributed by atoms with Crippen molar-refractivity contribution in [2.45, 2.75) is 37.8 Å². The second kappa shape index (κ2) is 9.03. The number of carbonyl (C=O) groups is 1. The van der Waals surface area contributed by atoms with E-state index in [0.29, 0.717) is 24.5 Å². The van der Waals surface area contributed by atoms with E-state index in [1.54, 1.807) is 22.9 Å². The molecule has 1 aliphatic rings. The smallest absolute Gasteiger partial charge is 0.264 e. The SMILES string of the molecule is Cc1cc(NC(=O)c2cccc(S(=O)(=O)N3c4ccccc4CC3C)c2)n(Cc2ccccc2)n1. The molecule has 8 heteroatoms. The quantitative estimate of drug-likeness (QED) is 0.431. The Morgan fingerprint density at radius 1 is 1.00 bits per heavy atom. The second-order valence-electron chi connectivity index (χ2n) is 8.78. The fraction of sp³-hybridized carbons (Fsp3) is 0.185. The molecule has 1 atom stereocenters. The fourth-order valence-electron chi connectivity index (χ4n) is 4.53. The summed E-state index contributed by atoms with van der Waals surface area (Å²) in [5, 5.41) is 7.38. The number of rotatable bonds is 6. The van der Waals surface area contributed by atoms with Gasteiger partial charge in [0.25, 0.3) is 15.9 Å². The van der Waals surface area contributed by atoms with Crippen LogP contribution in [0.15, 0.2) is 89.8 Å². The average molecular weight is 487 g/mol. The van der Waals surface area contributed by atoms with Gasteiger partial charge in [0.05, 0.1) is 22.8 Å². The van der Waals surface area contributed by atoms with E-state index in [9.17, 15) is 13.2 Å². The maximum atomic E-state index is 13.6. The van der Waals surface area contributed by atoms with Crippen molar-refractivity contribution in [1.82, 2.24) is 9.78 Å². The Bertz CT molecular complexity index is 1500. The van der Waals surface area contributed by atoms with Gasteiger partial charge in [0.15, 0.2) is 0 Å². The molecule has 0 spiro atoms. The number of carbonyl (C=O) groups excluding carboxylic acids is 1. The second-order valence-corrected chi connectivity index (χ2v) is 10.6. The number of aryl methyl sites for hydroxylation is 1. The Balaban J connectivity index is 1.41. The van der Waals surface area contributed by atoms with Gasteiger partial charge in [-0.1, -0.05) is 54.6 Å².